The minimum atomic E-state index is -4.51. The molecule has 0 radical (unpaired) electrons. The first kappa shape index (κ1) is 75.9. The van der Waals surface area contributed by atoms with Crippen LogP contribution in [0.4, 0.5) is 17.6 Å². The van der Waals surface area contributed by atoms with Gasteiger partial charge in [-0.3, -0.25) is 52.7 Å². The summed E-state index contributed by atoms with van der Waals surface area (Å²) in [5.74, 6) is -11.0. The number of carbonyl (C=O) groups excluding carboxylic acids is 11. The van der Waals surface area contributed by atoms with Crippen LogP contribution in [0.5, 0.6) is 0 Å². The highest BCUT2D eigenvalue weighted by Gasteiger charge is 2.51. The van der Waals surface area contributed by atoms with Crippen molar-refractivity contribution in [3.05, 3.63) is 0 Å². The maximum atomic E-state index is 15.7. The molecule has 516 valence electrons. The summed E-state index contributed by atoms with van der Waals surface area (Å²) in [5, 5.41) is 10.3. The normalized spacial score (nSPS) is 31.1. The smallest absolute Gasteiger partial charge is 0.351 e. The molecule has 11 amide bonds. The molecule has 13 atom stereocenters. The molecule has 1 spiro atoms. The van der Waals surface area contributed by atoms with Gasteiger partial charge in [-0.1, -0.05) is 73.6 Å². The minimum Gasteiger partial charge on any atom is -0.351 e. The number of rotatable bonds is 10. The summed E-state index contributed by atoms with van der Waals surface area (Å²) < 4.78 is 57.4. The van der Waals surface area contributed by atoms with Gasteiger partial charge < -0.3 is 55.6 Å². The number of carbonyl (C=O) groups is 11. The van der Waals surface area contributed by atoms with Crippen LogP contribution in [0.3, 0.4) is 0 Å². The van der Waals surface area contributed by atoms with E-state index in [1.165, 1.54) is 57.0 Å². The number of nitrogens with zero attached hydrogens (tertiary/aromatic N) is 7. The molecule has 0 bridgehead atoms. The Hall–Kier alpha value is -5.82. The van der Waals surface area contributed by atoms with E-state index in [0.717, 1.165) is 19.6 Å². The van der Waals surface area contributed by atoms with Crippen LogP contribution in [0.25, 0.3) is 0 Å². The van der Waals surface area contributed by atoms with E-state index in [1.807, 2.05) is 20.8 Å². The van der Waals surface area contributed by atoms with Gasteiger partial charge in [0.15, 0.2) is 0 Å². The zero-order chi connectivity index (χ0) is 68.1. The summed E-state index contributed by atoms with van der Waals surface area (Å²) in [6, 6.07) is -8.00. The summed E-state index contributed by atoms with van der Waals surface area (Å²) >= 11 is 6.34. The topological polar surface area (TPSA) is 259 Å². The molecule has 4 N–H and O–H groups in total. The first-order valence-corrected chi connectivity index (χ1v) is 33.4. The van der Waals surface area contributed by atoms with Gasteiger partial charge in [0.05, 0.1) is 25.6 Å². The van der Waals surface area contributed by atoms with Crippen LogP contribution >= 0.6 is 11.6 Å². The number of amides is 11. The molecule has 2 aliphatic heterocycles. The second-order valence-electron chi connectivity index (χ2n) is 27.7. The van der Waals surface area contributed by atoms with E-state index >= 15 is 9.18 Å². The first-order chi connectivity index (χ1) is 42.5. The number of fused-ring (bicyclic) bond motifs is 1. The molecule has 0 aromatic rings. The highest BCUT2D eigenvalue weighted by atomic mass is 35.5. The molecule has 27 heteroatoms. The summed E-state index contributed by atoms with van der Waals surface area (Å²) in [5.41, 5.74) is -1.50. The maximum Gasteiger partial charge on any atom is 0.393 e. The second kappa shape index (κ2) is 33.3. The summed E-state index contributed by atoms with van der Waals surface area (Å²) in [7, 11) is 8.29. The minimum absolute atomic E-state index is 0.0135. The van der Waals surface area contributed by atoms with Crippen molar-refractivity contribution >= 4 is 76.6 Å². The molecule has 5 unspecified atom stereocenters. The third-order valence-corrected chi connectivity index (χ3v) is 20.3. The van der Waals surface area contributed by atoms with Gasteiger partial charge in [-0.25, -0.2) is 4.39 Å². The summed E-state index contributed by atoms with van der Waals surface area (Å²) in [6.45, 7) is 10.7. The predicted octanol–water partition coefficient (Wildman–Crippen LogP) is 5.17. The van der Waals surface area contributed by atoms with Gasteiger partial charge in [0.2, 0.25) is 65.0 Å². The van der Waals surface area contributed by atoms with Gasteiger partial charge in [0.1, 0.15) is 48.0 Å². The maximum absolute atomic E-state index is 15.7. The third-order valence-electron chi connectivity index (χ3n) is 19.8. The second-order valence-corrected chi connectivity index (χ2v) is 28.3. The van der Waals surface area contributed by atoms with E-state index in [2.05, 4.69) is 21.3 Å². The number of hydrogen-bond donors (Lipinski definition) is 4. The Labute approximate surface area is 540 Å². The lowest BCUT2D eigenvalue weighted by Gasteiger charge is -2.39. The van der Waals surface area contributed by atoms with E-state index in [1.54, 1.807) is 27.7 Å². The van der Waals surface area contributed by atoms with Crippen molar-refractivity contribution < 1.29 is 70.3 Å². The van der Waals surface area contributed by atoms with Crippen molar-refractivity contribution in [3.8, 4) is 0 Å². The number of halogens is 5. The molecular formula is C64H104ClF4N11O11. The summed E-state index contributed by atoms with van der Waals surface area (Å²) in [4.78, 5) is 168. The summed E-state index contributed by atoms with van der Waals surface area (Å²) in [6.07, 6.45) is -1.68. The molecule has 3 saturated carbocycles. The number of hydrogen-bond acceptors (Lipinski definition) is 11. The molecular weight excluding hydrogens is 1210 g/mol. The fourth-order valence-electron chi connectivity index (χ4n) is 14.0. The Morgan fingerprint density at radius 2 is 1.25 bits per heavy atom. The lowest BCUT2D eigenvalue weighted by atomic mass is 9.78. The quantitative estimate of drug-likeness (QED) is 0.164. The molecule has 91 heavy (non-hydrogen) atoms. The van der Waals surface area contributed by atoms with Crippen molar-refractivity contribution in [2.45, 2.75) is 236 Å². The Balaban J connectivity index is 1.53. The van der Waals surface area contributed by atoms with Crippen molar-refractivity contribution in [1.29, 1.82) is 0 Å². The molecule has 0 aromatic carbocycles. The molecule has 5 fully saturated rings. The fraction of sp³-hybridized carbons (Fsp3) is 0.828. The molecule has 22 nitrogen and oxygen atoms in total. The zero-order valence-electron chi connectivity index (χ0n) is 55.9. The molecule has 2 heterocycles. The fourth-order valence-corrected chi connectivity index (χ4v) is 14.5. The van der Waals surface area contributed by atoms with E-state index < -0.39 is 174 Å². The van der Waals surface area contributed by atoms with Crippen LogP contribution in [0.15, 0.2) is 0 Å². The van der Waals surface area contributed by atoms with Crippen LogP contribution in [0, 0.1) is 35.5 Å². The van der Waals surface area contributed by atoms with Gasteiger partial charge in [-0.15, -0.1) is 11.6 Å². The predicted molar refractivity (Wildman–Crippen MR) is 334 cm³/mol. The van der Waals surface area contributed by atoms with E-state index in [9.17, 15) is 61.1 Å². The number of alkyl halides is 5. The van der Waals surface area contributed by atoms with E-state index in [-0.39, 0.29) is 95.4 Å². The molecule has 3 aliphatic carbocycles. The van der Waals surface area contributed by atoms with Crippen LogP contribution in [-0.2, 0) is 52.7 Å². The molecule has 5 rings (SSSR count). The van der Waals surface area contributed by atoms with Crippen LogP contribution in [0.1, 0.15) is 170 Å². The highest BCUT2D eigenvalue weighted by Crippen LogP contribution is 2.44. The van der Waals surface area contributed by atoms with Crippen molar-refractivity contribution in [1.82, 2.24) is 55.6 Å². The Kier molecular flexibility index (Phi) is 27.8. The SMILES string of the molecule is CC[C@H](C)[C@@H]1NC(=O)[C@H](CC(C)C)N(C)C(=O)C[C@@H](C)NC(=O)[C@H](C(C)C)N(C)C(=O)C2(CCCC2)NC(=O)[C@@H]2CCCN2C(=O)[C@H](CCC2CCC(C(F)(F)F)C(Cl)C2)NC(=O)CN(C)C(=O)[C@H](CC2CCCCC2F)N(C)C(=O)CN(C)C(=O)CN(C)C1=O. The Bertz CT molecular complexity index is 2600. The standard InChI is InChI=1S/C64H104ClF4N11O11/c1-14-39(6)54-61(90)76(10)35-52(83)74(8)36-53(84)78(12)49(33-42-20-15-16-21-45(42)66)60(89)75(9)34-50(81)71-46(26-24-41-23-25-43(44(65)32-41)64(67,68)69)59(88)80-29-19-22-47(80)57(86)73-63(27-17-18-28-63)62(91)79(13)55(38(4)5)58(87)70-40(7)31-51(82)77(11)48(30-37(2)3)56(85)72-54/h37-49,54-55H,14-36H2,1-13H3,(H,70,87)(H,71,81)(H,72,85)(H,73,86)/t39-,40+,41?,42?,43?,44?,45?,46-,47-,48-,49-,54-,55-/m0/s1. The van der Waals surface area contributed by atoms with E-state index in [0.29, 0.717) is 44.9 Å². The third kappa shape index (κ3) is 19.9. The zero-order valence-corrected chi connectivity index (χ0v) is 56.7. The molecule has 5 aliphatic rings. The van der Waals surface area contributed by atoms with Crippen molar-refractivity contribution in [3.63, 3.8) is 0 Å². The number of nitrogens with one attached hydrogen (secondary N) is 4. The number of likely N-dealkylation sites (N-methyl/N-ethyl adjacent to an activating group) is 6. The largest absolute Gasteiger partial charge is 0.393 e. The van der Waals surface area contributed by atoms with Crippen molar-refractivity contribution in [2.75, 3.05) is 68.5 Å². The van der Waals surface area contributed by atoms with Crippen LogP contribution in [-0.4, -0.2) is 233 Å². The van der Waals surface area contributed by atoms with Gasteiger partial charge in [-0.2, -0.15) is 13.2 Å². The van der Waals surface area contributed by atoms with E-state index in [4.69, 9.17) is 11.6 Å². The van der Waals surface area contributed by atoms with Gasteiger partial charge >= 0.3 is 6.18 Å². The van der Waals surface area contributed by atoms with Crippen LogP contribution in [0.2, 0.25) is 0 Å². The van der Waals surface area contributed by atoms with Crippen molar-refractivity contribution in [2.24, 2.45) is 35.5 Å². The highest BCUT2D eigenvalue weighted by molar-refractivity contribution is 6.20. The average molecular weight is 1320 g/mol. The molecule has 2 saturated heterocycles. The monoisotopic (exact) mass is 1310 g/mol. The molecule has 0 aromatic heterocycles. The lowest BCUT2D eigenvalue weighted by Crippen LogP contribution is -2.64. The average Bonchev–Trinajstić information content (AvgIpc) is 1.78. The lowest BCUT2D eigenvalue weighted by molar-refractivity contribution is -0.182. The van der Waals surface area contributed by atoms with Crippen LogP contribution < -0.4 is 21.3 Å². The van der Waals surface area contributed by atoms with Gasteiger partial charge in [0, 0.05) is 66.7 Å². The first-order valence-electron chi connectivity index (χ1n) is 32.9. The Morgan fingerprint density at radius 1 is 0.637 bits per heavy atom. The van der Waals surface area contributed by atoms with Gasteiger partial charge in [0.25, 0.3) is 0 Å². The van der Waals surface area contributed by atoms with Gasteiger partial charge in [-0.05, 0) is 120 Å². The Morgan fingerprint density at radius 3 is 1.85 bits per heavy atom.